The van der Waals surface area contributed by atoms with Gasteiger partial charge < -0.3 is 81.2 Å². The number of aliphatic hydroxyl groups is 1. The summed E-state index contributed by atoms with van der Waals surface area (Å²) in [4.78, 5) is 156. The molecule has 2 aliphatic heterocycles. The highest BCUT2D eigenvalue weighted by Gasteiger charge is 2.33. The van der Waals surface area contributed by atoms with Crippen LogP contribution in [0.2, 0.25) is 35.7 Å². The van der Waals surface area contributed by atoms with Gasteiger partial charge in [0.15, 0.2) is 11.3 Å². The maximum Gasteiger partial charge on any atom is 0.410 e. The van der Waals surface area contributed by atoms with E-state index < -0.39 is 63.1 Å². The number of amides is 4. The molecular weight excluding hydrogens is 1840 g/mol. The average molecular weight is 1950 g/mol. The van der Waals surface area contributed by atoms with Crippen molar-refractivity contribution in [3.8, 4) is 41.2 Å². The number of nitrogens with one attached hydrogen (secondary N) is 5. The highest BCUT2D eigenvalue weighted by molar-refractivity contribution is 6.38. The molecule has 4 amide bonds. The Kier molecular flexibility index (Phi) is 37.4. The molecule has 2 fully saturated rings. The number of nitrogens with two attached hydrogens (primary N) is 3. The molecule has 0 saturated carbocycles. The second kappa shape index (κ2) is 46.0. The zero-order valence-corrected chi connectivity index (χ0v) is 80.7. The minimum atomic E-state index is -1.06. The molecule has 12 rings (SSSR count). The van der Waals surface area contributed by atoms with E-state index in [0.29, 0.717) is 102 Å². The molecule has 0 aromatic carbocycles. The number of ether oxygens (including phenoxy) is 7. The molecule has 12 heterocycles. The average Bonchev–Trinajstić information content (AvgIpc) is 0.746. The summed E-state index contributed by atoms with van der Waals surface area (Å²) < 4.78 is 52.5. The number of methoxy groups -OCH3 is 4. The number of fused-ring (bicyclic) bond motifs is 2. The van der Waals surface area contributed by atoms with Gasteiger partial charge in [0.1, 0.15) is 71.9 Å². The van der Waals surface area contributed by atoms with Crippen molar-refractivity contribution in [1.82, 2.24) is 99.3 Å². The lowest BCUT2D eigenvalue weighted by Gasteiger charge is -2.34. The van der Waals surface area contributed by atoms with Crippen molar-refractivity contribution in [3.63, 3.8) is 0 Å². The number of nitrogens with zero attached hydrogens (tertiary/aromatic N) is 16. The summed E-state index contributed by atoms with van der Waals surface area (Å²) in [5.74, 6) is -2.29. The number of aromatic amines is 2. The number of carbonyl (C=O) groups excluding carboxylic acids is 4. The molecule has 0 spiro atoms. The van der Waals surface area contributed by atoms with Gasteiger partial charge in [0.2, 0.25) is 5.95 Å². The summed E-state index contributed by atoms with van der Waals surface area (Å²) in [6.45, 7) is 37.1. The van der Waals surface area contributed by atoms with Crippen molar-refractivity contribution in [3.05, 3.63) is 164 Å². The molecule has 2 atom stereocenters. The number of piperazine rings is 2. The third kappa shape index (κ3) is 27.7. The molecule has 12 N–H and O–H groups in total. The SMILES string of the molecule is CC(C)(C)OC(=O)N1CCN[C@@H](CO)C1.COc1nc(C)c(-n2c(=O)[nH]c(=O)c3c(Cl)cc(Cl)nc32)c(C(C)C)n1.COc1nc(C)c(-n2c(=O)[nH]c(=O)c3c(OC[C@H]4CN(C(=O)OC(C)(C)C)CCN4)cc(Cl)nc32)c(C(C)C)n1.COc1nc(C)c(N)c(C(C)C)n1.COc1nc(C)c(Nc2nc(Cl)cc(Cl)c2C(N)=O)c(C(C)C)n1.NC(=O)c1c(Cl)cc(Cl)nc1F. The Bertz CT molecular complexity index is 6050. The number of nitrogen functional groups attached to an aromatic ring is 1. The van der Waals surface area contributed by atoms with Crippen molar-refractivity contribution in [2.45, 2.75) is 172 Å². The quantitative estimate of drug-likeness (QED) is 0.0360. The van der Waals surface area contributed by atoms with Crippen LogP contribution in [0.3, 0.4) is 0 Å². The van der Waals surface area contributed by atoms with Crippen LogP contribution in [0.5, 0.6) is 29.8 Å². The number of primary amides is 2. The van der Waals surface area contributed by atoms with Crippen LogP contribution >= 0.6 is 81.2 Å². The summed E-state index contributed by atoms with van der Waals surface area (Å²) >= 11 is 41.3. The number of H-pyrrole nitrogens is 2. The standard InChI is InChI=1S/C26H34ClN7O6.C16H15Cl2N5O3.C15H17Cl2N5O2.C10H20N2O3.C9H15N3O.C6H3Cl2FN2O/c1-13(2)19-20(14(3)29-23(31-19)38-7)34-21-18(22(35)32-24(34)36)16(10-17(27)30-21)39-12-15-11-33(9-8-28-15)25(37)40-26(4,5)6;1-6(2)11-12(7(3)19-15(21-11)26-4)23-13-10(14(24)22-16(23)25)8(17)5-9(18)20-13;1-6(2)11-12(7(3)19-15(22-11)24-4)21-14-10(13(18)23)8(16)5-9(17)20-14;1-10(2,3)15-9(14)12-5-4-11-8(6-12)7-13;1-5(2)8-7(10)6(3)11-9(12-8)13-4;7-2-1-3(8)11-5(9)4(2)6(10)12/h10,13,15,28H,8-9,11-12H2,1-7H3,(H,32,35,36);5-6H,1-4H3,(H,22,24,25);5-6H,1-4H3,(H2,18,23)(H,20,21);8,11,13H,4-7H2,1-3H3;5H,10H2,1-4H3;1H,(H2,10,12)/t15-;;;8-;;/m1..1../s1. The molecule has 0 bridgehead atoms. The van der Waals surface area contributed by atoms with Gasteiger partial charge in [0.25, 0.3) is 22.9 Å². The highest BCUT2D eigenvalue weighted by atomic mass is 35.5. The summed E-state index contributed by atoms with van der Waals surface area (Å²) in [5, 5.41) is 18.7. The normalized spacial score (nSPS) is 13.7. The Labute approximate surface area is 781 Å². The molecule has 2 aliphatic rings. The number of halogens is 8. The van der Waals surface area contributed by atoms with E-state index in [-0.39, 0.29) is 148 Å². The van der Waals surface area contributed by atoms with E-state index in [0.717, 1.165) is 17.5 Å². The zero-order valence-electron chi connectivity index (χ0n) is 75.4. The van der Waals surface area contributed by atoms with Crippen LogP contribution in [0.25, 0.3) is 33.4 Å². The monoisotopic (exact) mass is 1940 g/mol. The number of aryl methyl sites for hydroxylation is 4. The number of aromatic nitrogens is 16. The van der Waals surface area contributed by atoms with Crippen molar-refractivity contribution < 1.29 is 61.8 Å². The number of pyridine rings is 4. The van der Waals surface area contributed by atoms with Crippen LogP contribution in [0.4, 0.5) is 31.2 Å². The van der Waals surface area contributed by atoms with E-state index >= 15 is 0 Å². The van der Waals surface area contributed by atoms with E-state index in [1.165, 1.54) is 48.7 Å². The number of aliphatic hydroxyl groups excluding tert-OH is 1. The van der Waals surface area contributed by atoms with Crippen LogP contribution in [-0.2, 0) is 9.47 Å². The number of carbonyl (C=O) groups is 4. The molecule has 2 saturated heterocycles. The topological polar surface area (TPSA) is 538 Å². The third-order valence-electron chi connectivity index (χ3n) is 18.4. The minimum Gasteiger partial charge on any atom is -0.491 e. The molecule has 0 radical (unpaired) electrons. The van der Waals surface area contributed by atoms with Crippen molar-refractivity contribution in [2.24, 2.45) is 11.5 Å². The van der Waals surface area contributed by atoms with Gasteiger partial charge in [0.05, 0.1) is 124 Å². The van der Waals surface area contributed by atoms with Gasteiger partial charge in [-0.05, 0) is 111 Å². The van der Waals surface area contributed by atoms with Crippen molar-refractivity contribution in [2.75, 3.05) is 92.0 Å². The second-order valence-electron chi connectivity index (χ2n) is 32.0. The van der Waals surface area contributed by atoms with Crippen LogP contribution < -0.4 is 79.3 Å². The van der Waals surface area contributed by atoms with Gasteiger partial charge in [-0.1, -0.05) is 137 Å². The fourth-order valence-electron chi connectivity index (χ4n) is 12.5. The molecule has 704 valence electrons. The lowest BCUT2D eigenvalue weighted by molar-refractivity contribution is 0.0165. The first-order valence-electron chi connectivity index (χ1n) is 40.0. The molecule has 10 aromatic heterocycles. The van der Waals surface area contributed by atoms with Crippen molar-refractivity contribution >= 4 is 144 Å². The smallest absolute Gasteiger partial charge is 0.410 e. The Hall–Kier alpha value is -11.3. The van der Waals surface area contributed by atoms with Gasteiger partial charge in [0, 0.05) is 51.4 Å². The number of anilines is 3. The van der Waals surface area contributed by atoms with Gasteiger partial charge >= 0.3 is 47.6 Å². The van der Waals surface area contributed by atoms with E-state index in [9.17, 15) is 42.7 Å². The summed E-state index contributed by atoms with van der Waals surface area (Å²) in [5.41, 5.74) is 18.9. The first-order chi connectivity index (χ1) is 60.8. The van der Waals surface area contributed by atoms with Crippen molar-refractivity contribution in [1.29, 1.82) is 0 Å². The molecule has 10 aromatic rings. The summed E-state index contributed by atoms with van der Waals surface area (Å²) in [7, 11) is 5.96. The van der Waals surface area contributed by atoms with Gasteiger partial charge in [-0.25, -0.2) is 48.2 Å². The lowest BCUT2D eigenvalue weighted by atomic mass is 10.1. The second-order valence-corrected chi connectivity index (χ2v) is 34.8. The minimum absolute atomic E-state index is 0.00185. The van der Waals surface area contributed by atoms with E-state index in [2.05, 4.69) is 85.7 Å². The Morgan fingerprint density at radius 2 is 0.885 bits per heavy atom. The number of rotatable bonds is 18. The Morgan fingerprint density at radius 3 is 1.32 bits per heavy atom. The molecule has 48 heteroatoms. The van der Waals surface area contributed by atoms with Crippen LogP contribution in [0.15, 0.2) is 43.4 Å². The van der Waals surface area contributed by atoms with E-state index in [4.69, 9.17) is 137 Å². The third-order valence-corrected chi connectivity index (χ3v) is 20.0. The molecule has 130 heavy (non-hydrogen) atoms. The molecular formula is C82H104Cl7FN24O16. The molecule has 0 unspecified atom stereocenters. The van der Waals surface area contributed by atoms with Crippen LogP contribution in [0.1, 0.15) is 187 Å². The van der Waals surface area contributed by atoms with Gasteiger partial charge in [-0.2, -0.15) is 44.3 Å². The summed E-state index contributed by atoms with van der Waals surface area (Å²) in [6, 6.07) is 5.96. The Balaban J connectivity index is 0.000000225. The zero-order chi connectivity index (χ0) is 97.3. The number of hydrogen-bond acceptors (Lipinski definition) is 32. The number of hydrogen-bond donors (Lipinski definition) is 9. The molecule has 40 nitrogen and oxygen atoms in total. The molecule has 0 aliphatic carbocycles. The largest absolute Gasteiger partial charge is 0.491 e. The predicted octanol–water partition coefficient (Wildman–Crippen LogP) is 11.9. The highest BCUT2D eigenvalue weighted by Crippen LogP contribution is 2.36. The Morgan fingerprint density at radius 1 is 0.508 bits per heavy atom. The maximum atomic E-state index is 13.2. The van der Waals surface area contributed by atoms with Crippen LogP contribution in [0, 0.1) is 33.6 Å². The van der Waals surface area contributed by atoms with E-state index in [1.807, 2.05) is 104 Å². The van der Waals surface area contributed by atoms with Gasteiger partial charge in [-0.15, -0.1) is 0 Å². The maximum absolute atomic E-state index is 13.2. The van der Waals surface area contributed by atoms with E-state index in [1.54, 1.807) is 37.7 Å². The van der Waals surface area contributed by atoms with Gasteiger partial charge in [-0.3, -0.25) is 29.1 Å². The fraction of sp³-hybridized carbons (Fsp3) is 0.463. The summed E-state index contributed by atoms with van der Waals surface area (Å²) in [6.07, 6.45) is -0.711. The first-order valence-corrected chi connectivity index (χ1v) is 42.7. The first kappa shape index (κ1) is 106. The van der Waals surface area contributed by atoms with Crippen LogP contribution in [-0.4, -0.2) is 222 Å². The fourth-order valence-corrected chi connectivity index (χ4v) is 14.3. The lowest BCUT2D eigenvalue weighted by Crippen LogP contribution is -2.55. The predicted molar refractivity (Wildman–Crippen MR) is 493 cm³/mol.